The Bertz CT molecular complexity index is 910. The van der Waals surface area contributed by atoms with Crippen LogP contribution in [0.3, 0.4) is 0 Å². The first-order chi connectivity index (χ1) is 12.5. The quantitative estimate of drug-likeness (QED) is 0.458. The summed E-state index contributed by atoms with van der Waals surface area (Å²) in [6, 6.07) is 6.42. The van der Waals surface area contributed by atoms with Gasteiger partial charge in [0.05, 0.1) is 10.9 Å². The van der Waals surface area contributed by atoms with Crippen molar-refractivity contribution in [2.75, 3.05) is 11.9 Å². The van der Waals surface area contributed by atoms with Gasteiger partial charge in [-0.2, -0.15) is 0 Å². The maximum atomic E-state index is 12.7. The molecule has 0 saturated carbocycles. The Morgan fingerprint density at radius 3 is 2.92 bits per heavy atom. The maximum Gasteiger partial charge on any atom is 0.262 e. The summed E-state index contributed by atoms with van der Waals surface area (Å²) < 4.78 is 5.30. The number of nitrogens with one attached hydrogen (secondary N) is 2. The smallest absolute Gasteiger partial charge is 0.262 e. The molecule has 1 amide bonds. The van der Waals surface area contributed by atoms with E-state index in [1.54, 1.807) is 25.1 Å². The first-order valence-electron chi connectivity index (χ1n) is 8.34. The molecule has 2 aromatic rings. The number of carbonyl (C=O) groups is 2. The zero-order valence-electron chi connectivity index (χ0n) is 14.5. The lowest BCUT2D eigenvalue weighted by atomic mass is 10.1. The lowest BCUT2D eigenvalue weighted by Crippen LogP contribution is -2.26. The fraction of sp³-hybridized carbons (Fsp3) is 0.333. The minimum Gasteiger partial charge on any atom is -0.482 e. The van der Waals surface area contributed by atoms with Crippen LogP contribution in [-0.2, 0) is 11.2 Å². The molecule has 0 fully saturated rings. The zero-order chi connectivity index (χ0) is 18.7. The molecule has 1 aromatic carbocycles. The second-order valence-electron chi connectivity index (χ2n) is 5.96. The summed E-state index contributed by atoms with van der Waals surface area (Å²) >= 11 is 1.20. The van der Waals surface area contributed by atoms with Crippen LogP contribution in [-0.4, -0.2) is 33.5 Å². The van der Waals surface area contributed by atoms with E-state index in [9.17, 15) is 14.4 Å². The summed E-state index contributed by atoms with van der Waals surface area (Å²) in [6.45, 7) is 3.74. The number of hydrogen-bond donors (Lipinski definition) is 2. The molecule has 2 heterocycles. The number of aryl methyl sites for hydroxylation is 1. The average molecular weight is 373 g/mol. The van der Waals surface area contributed by atoms with Crippen molar-refractivity contribution in [3.8, 4) is 5.75 Å². The summed E-state index contributed by atoms with van der Waals surface area (Å²) in [5.74, 6) is 0.167. The molecular weight excluding hydrogens is 354 g/mol. The number of rotatable bonds is 6. The molecule has 1 atom stereocenters. The van der Waals surface area contributed by atoms with Crippen LogP contribution in [0, 0.1) is 0 Å². The number of aromatic nitrogens is 2. The van der Waals surface area contributed by atoms with Gasteiger partial charge in [0.2, 0.25) is 0 Å². The summed E-state index contributed by atoms with van der Waals surface area (Å²) in [5.41, 5.74) is 1.44. The van der Waals surface area contributed by atoms with Crippen molar-refractivity contribution in [3.05, 3.63) is 45.9 Å². The van der Waals surface area contributed by atoms with Crippen LogP contribution in [0.1, 0.15) is 36.3 Å². The van der Waals surface area contributed by atoms with Gasteiger partial charge in [0.15, 0.2) is 17.5 Å². The predicted molar refractivity (Wildman–Crippen MR) is 99.1 cm³/mol. The number of amides is 1. The number of hydrogen-bond acceptors (Lipinski definition) is 6. The minimum absolute atomic E-state index is 0.0281. The number of ketones is 1. The second-order valence-corrected chi connectivity index (χ2v) is 7.29. The molecule has 7 nitrogen and oxygen atoms in total. The fourth-order valence-corrected chi connectivity index (χ4v) is 3.52. The van der Waals surface area contributed by atoms with E-state index >= 15 is 0 Å². The summed E-state index contributed by atoms with van der Waals surface area (Å²) in [5, 5.41) is 2.67. The predicted octanol–water partition coefficient (Wildman–Crippen LogP) is 2.42. The molecule has 1 aliphatic rings. The van der Waals surface area contributed by atoms with Crippen LogP contribution in [0.25, 0.3) is 0 Å². The Morgan fingerprint density at radius 2 is 2.15 bits per heavy atom. The molecule has 0 aliphatic carbocycles. The molecule has 136 valence electrons. The number of anilines is 1. The minimum atomic E-state index is -0.451. The number of benzene rings is 1. The molecular formula is C18H19N3O4S. The Labute approximate surface area is 154 Å². The number of carbonyl (C=O) groups excluding carboxylic acids is 2. The molecule has 1 aromatic heterocycles. The van der Waals surface area contributed by atoms with E-state index in [0.717, 1.165) is 6.42 Å². The number of fused-ring (bicyclic) bond motifs is 1. The largest absolute Gasteiger partial charge is 0.482 e. The van der Waals surface area contributed by atoms with Crippen LogP contribution in [0.4, 0.5) is 5.69 Å². The standard InChI is InChI=1S/C18H19N3O4S/c1-3-4-12-8-15(22)21-18(19-12)26-10(2)17(24)11-5-6-14-13(7-11)20-16(23)9-25-14/h5-8,10H,3-4,9H2,1-2H3,(H,20,23)(H,19,21,22). The van der Waals surface area contributed by atoms with Crippen molar-refractivity contribution in [3.63, 3.8) is 0 Å². The van der Waals surface area contributed by atoms with Gasteiger partial charge in [0.1, 0.15) is 5.75 Å². The zero-order valence-corrected chi connectivity index (χ0v) is 15.3. The Balaban J connectivity index is 1.77. The molecule has 26 heavy (non-hydrogen) atoms. The molecule has 0 bridgehead atoms. The summed E-state index contributed by atoms with van der Waals surface area (Å²) in [6.07, 6.45) is 1.60. The molecule has 8 heteroatoms. The number of nitrogens with zero attached hydrogens (tertiary/aromatic N) is 1. The van der Waals surface area contributed by atoms with E-state index in [-0.39, 0.29) is 23.9 Å². The topological polar surface area (TPSA) is 101 Å². The van der Waals surface area contributed by atoms with E-state index in [1.807, 2.05) is 6.92 Å². The third-order valence-electron chi connectivity index (χ3n) is 3.83. The highest BCUT2D eigenvalue weighted by atomic mass is 32.2. The number of ether oxygens (including phenoxy) is 1. The average Bonchev–Trinajstić information content (AvgIpc) is 2.60. The Morgan fingerprint density at radius 1 is 1.35 bits per heavy atom. The van der Waals surface area contributed by atoms with E-state index in [4.69, 9.17) is 4.74 Å². The molecule has 1 aliphatic heterocycles. The normalized spacial score (nSPS) is 14.2. The van der Waals surface area contributed by atoms with Gasteiger partial charge in [-0.25, -0.2) is 4.98 Å². The summed E-state index contributed by atoms with van der Waals surface area (Å²) in [7, 11) is 0. The van der Waals surface area contributed by atoms with Gasteiger partial charge in [0.25, 0.3) is 11.5 Å². The van der Waals surface area contributed by atoms with Crippen LogP contribution in [0.5, 0.6) is 5.75 Å². The van der Waals surface area contributed by atoms with E-state index < -0.39 is 5.25 Å². The van der Waals surface area contributed by atoms with Crippen LogP contribution in [0.15, 0.2) is 34.2 Å². The molecule has 0 spiro atoms. The van der Waals surface area contributed by atoms with Gasteiger partial charge in [0, 0.05) is 17.3 Å². The fourth-order valence-electron chi connectivity index (χ4n) is 2.62. The lowest BCUT2D eigenvalue weighted by molar-refractivity contribution is -0.118. The number of aromatic amines is 1. The first-order valence-corrected chi connectivity index (χ1v) is 9.22. The van der Waals surface area contributed by atoms with E-state index in [0.29, 0.717) is 34.3 Å². The highest BCUT2D eigenvalue weighted by molar-refractivity contribution is 8.00. The third-order valence-corrected chi connectivity index (χ3v) is 4.82. The van der Waals surface area contributed by atoms with Gasteiger partial charge in [-0.3, -0.25) is 14.4 Å². The Kier molecular flexibility index (Phi) is 5.41. The maximum absolute atomic E-state index is 12.7. The van der Waals surface area contributed by atoms with Crippen molar-refractivity contribution in [1.82, 2.24) is 9.97 Å². The van der Waals surface area contributed by atoms with E-state index in [2.05, 4.69) is 15.3 Å². The highest BCUT2D eigenvalue weighted by Gasteiger charge is 2.22. The number of H-pyrrole nitrogens is 1. The van der Waals surface area contributed by atoms with Crippen molar-refractivity contribution in [2.24, 2.45) is 0 Å². The molecule has 3 rings (SSSR count). The summed E-state index contributed by atoms with van der Waals surface area (Å²) in [4.78, 5) is 43.0. The molecule has 2 N–H and O–H groups in total. The first kappa shape index (κ1) is 18.2. The lowest BCUT2D eigenvalue weighted by Gasteiger charge is -2.19. The number of thioether (sulfide) groups is 1. The van der Waals surface area contributed by atoms with Gasteiger partial charge < -0.3 is 15.0 Å². The van der Waals surface area contributed by atoms with Crippen molar-refractivity contribution < 1.29 is 14.3 Å². The highest BCUT2D eigenvalue weighted by Crippen LogP contribution is 2.30. The molecule has 0 radical (unpaired) electrons. The van der Waals surface area contributed by atoms with Crippen molar-refractivity contribution in [2.45, 2.75) is 37.1 Å². The third kappa shape index (κ3) is 4.13. The number of Topliss-reactive ketones (excluding diaryl/α,β-unsaturated/α-hetero) is 1. The van der Waals surface area contributed by atoms with Crippen LogP contribution in [0.2, 0.25) is 0 Å². The van der Waals surface area contributed by atoms with Crippen molar-refractivity contribution >= 4 is 29.1 Å². The second kappa shape index (κ2) is 7.74. The van der Waals surface area contributed by atoms with Crippen LogP contribution < -0.4 is 15.6 Å². The van der Waals surface area contributed by atoms with Gasteiger partial charge in [-0.1, -0.05) is 25.1 Å². The van der Waals surface area contributed by atoms with Crippen molar-refractivity contribution in [1.29, 1.82) is 0 Å². The van der Waals surface area contributed by atoms with Gasteiger partial charge in [-0.15, -0.1) is 0 Å². The SMILES string of the molecule is CCCc1cc(=O)[nH]c(SC(C)C(=O)c2ccc3c(c2)NC(=O)CO3)n1. The van der Waals surface area contributed by atoms with E-state index in [1.165, 1.54) is 17.8 Å². The van der Waals surface area contributed by atoms with Gasteiger partial charge in [-0.05, 0) is 31.5 Å². The van der Waals surface area contributed by atoms with Crippen LogP contribution >= 0.6 is 11.8 Å². The monoisotopic (exact) mass is 373 g/mol. The molecule has 0 saturated heterocycles. The Hall–Kier alpha value is -2.61. The molecule has 1 unspecified atom stereocenters. The van der Waals surface area contributed by atoms with Gasteiger partial charge >= 0.3 is 0 Å².